The van der Waals surface area contributed by atoms with Gasteiger partial charge in [0.2, 0.25) is 5.91 Å². The Morgan fingerprint density at radius 2 is 1.88 bits per heavy atom. The molecule has 4 amide bonds. The Morgan fingerprint density at radius 1 is 1.21 bits per heavy atom. The van der Waals surface area contributed by atoms with Crippen LogP contribution in [-0.4, -0.2) is 64.8 Å². The fourth-order valence-electron chi connectivity index (χ4n) is 4.11. The number of carbonyl (C=O) groups excluding carboxylic acids is 3. The summed E-state index contributed by atoms with van der Waals surface area (Å²) in [6.07, 6.45) is 7.75. The monoisotopic (exact) mass is 335 g/mol. The lowest BCUT2D eigenvalue weighted by Crippen LogP contribution is -2.49. The lowest BCUT2D eigenvalue weighted by molar-refractivity contribution is -0.140. The van der Waals surface area contributed by atoms with Crippen molar-refractivity contribution < 1.29 is 14.4 Å². The fraction of sp³-hybridized carbons (Fsp3) is 0.833. The Kier molecular flexibility index (Phi) is 4.83. The van der Waals surface area contributed by atoms with Crippen molar-refractivity contribution in [1.29, 1.82) is 0 Å². The molecule has 0 atom stereocenters. The van der Waals surface area contributed by atoms with Gasteiger partial charge in [0.25, 0.3) is 5.91 Å². The molecular weight excluding hydrogens is 306 g/mol. The van der Waals surface area contributed by atoms with Crippen molar-refractivity contribution in [2.45, 2.75) is 63.8 Å². The molecule has 0 aromatic heterocycles. The molecule has 0 unspecified atom stereocenters. The Morgan fingerprint density at radius 3 is 2.46 bits per heavy atom. The third-order valence-corrected chi connectivity index (χ3v) is 5.80. The molecule has 1 heterocycles. The average molecular weight is 335 g/mol. The van der Waals surface area contributed by atoms with E-state index in [1.54, 1.807) is 11.9 Å². The van der Waals surface area contributed by atoms with E-state index in [9.17, 15) is 14.4 Å². The van der Waals surface area contributed by atoms with Gasteiger partial charge in [-0.3, -0.25) is 14.5 Å². The second kappa shape index (κ2) is 6.73. The molecule has 3 aliphatic rings. The Hall–Kier alpha value is -1.59. The molecule has 2 aliphatic carbocycles. The predicted octanol–water partition coefficient (Wildman–Crippen LogP) is 2.23. The minimum Gasteiger partial charge on any atom is -0.341 e. The number of urea groups is 1. The van der Waals surface area contributed by atoms with E-state index < -0.39 is 5.54 Å². The lowest BCUT2D eigenvalue weighted by atomic mass is 9.81. The third kappa shape index (κ3) is 3.03. The zero-order chi connectivity index (χ0) is 17.3. The van der Waals surface area contributed by atoms with Gasteiger partial charge in [-0.25, -0.2) is 4.79 Å². The Balaban J connectivity index is 1.70. The first-order valence-corrected chi connectivity index (χ1v) is 9.37. The van der Waals surface area contributed by atoms with Crippen molar-refractivity contribution >= 4 is 17.8 Å². The molecule has 6 heteroatoms. The van der Waals surface area contributed by atoms with Gasteiger partial charge >= 0.3 is 6.03 Å². The molecule has 1 saturated heterocycles. The van der Waals surface area contributed by atoms with Crippen molar-refractivity contribution in [2.75, 3.05) is 26.7 Å². The highest BCUT2D eigenvalue weighted by atomic mass is 16.2. The van der Waals surface area contributed by atoms with Gasteiger partial charge in [-0.2, -0.15) is 0 Å². The van der Waals surface area contributed by atoms with E-state index in [4.69, 9.17) is 0 Å². The summed E-state index contributed by atoms with van der Waals surface area (Å²) in [5.74, 6) is 0.357. The van der Waals surface area contributed by atoms with Crippen LogP contribution in [0.3, 0.4) is 0 Å². The predicted molar refractivity (Wildman–Crippen MR) is 90.3 cm³/mol. The molecule has 0 bridgehead atoms. The van der Waals surface area contributed by atoms with Crippen molar-refractivity contribution in [2.24, 2.45) is 5.92 Å². The van der Waals surface area contributed by atoms with Crippen LogP contribution in [0.2, 0.25) is 0 Å². The summed E-state index contributed by atoms with van der Waals surface area (Å²) in [6, 6.07) is -0.307. The maximum absolute atomic E-state index is 12.9. The van der Waals surface area contributed by atoms with Crippen LogP contribution in [-0.2, 0) is 9.59 Å². The number of imide groups is 1. The van der Waals surface area contributed by atoms with Crippen molar-refractivity contribution in [3.05, 3.63) is 0 Å². The molecule has 24 heavy (non-hydrogen) atoms. The van der Waals surface area contributed by atoms with Crippen LogP contribution < -0.4 is 0 Å². The summed E-state index contributed by atoms with van der Waals surface area (Å²) in [5, 5.41) is 0. The normalized spacial score (nSPS) is 23.2. The molecule has 1 aliphatic heterocycles. The van der Waals surface area contributed by atoms with E-state index in [-0.39, 0.29) is 24.4 Å². The lowest BCUT2D eigenvalue weighted by Gasteiger charge is -2.35. The number of amides is 4. The zero-order valence-corrected chi connectivity index (χ0v) is 14.9. The molecule has 0 radical (unpaired) electrons. The molecule has 1 spiro atoms. The maximum atomic E-state index is 12.9. The molecule has 6 nitrogen and oxygen atoms in total. The van der Waals surface area contributed by atoms with E-state index in [0.29, 0.717) is 12.5 Å². The van der Waals surface area contributed by atoms with E-state index in [0.717, 1.165) is 45.1 Å². The van der Waals surface area contributed by atoms with Gasteiger partial charge in [0.05, 0.1) is 0 Å². The molecule has 3 fully saturated rings. The van der Waals surface area contributed by atoms with Crippen LogP contribution in [0.4, 0.5) is 4.79 Å². The van der Waals surface area contributed by atoms with Crippen molar-refractivity contribution in [3.8, 4) is 0 Å². The fourth-order valence-corrected chi connectivity index (χ4v) is 4.11. The van der Waals surface area contributed by atoms with Crippen molar-refractivity contribution in [3.63, 3.8) is 0 Å². The largest absolute Gasteiger partial charge is 0.341 e. The first-order valence-electron chi connectivity index (χ1n) is 9.37. The average Bonchev–Trinajstić information content (AvgIpc) is 3.39. The molecule has 0 N–H and O–H groups in total. The smallest absolute Gasteiger partial charge is 0.327 e. The third-order valence-electron chi connectivity index (χ3n) is 5.80. The number of likely N-dealkylation sites (N-methyl/N-ethyl adjacent to an activating group) is 1. The van der Waals surface area contributed by atoms with Gasteiger partial charge in [0.15, 0.2) is 0 Å². The standard InChI is InChI=1S/C18H29N3O3/c1-3-11-20(12-14-7-8-14)15(22)13-21-16(23)18(19(2)17(21)24)9-5-4-6-10-18/h14H,3-13H2,1-2H3. The van der Waals surface area contributed by atoms with Crippen LogP contribution >= 0.6 is 0 Å². The Labute approximate surface area is 144 Å². The summed E-state index contributed by atoms with van der Waals surface area (Å²) in [7, 11) is 1.71. The van der Waals surface area contributed by atoms with Gasteiger partial charge < -0.3 is 9.80 Å². The molecule has 2 saturated carbocycles. The molecule has 0 aromatic carbocycles. The highest BCUT2D eigenvalue weighted by Crippen LogP contribution is 2.39. The first-order chi connectivity index (χ1) is 11.5. The summed E-state index contributed by atoms with van der Waals surface area (Å²) in [6.45, 7) is 3.41. The maximum Gasteiger partial charge on any atom is 0.327 e. The second-order valence-corrected chi connectivity index (χ2v) is 7.61. The summed E-state index contributed by atoms with van der Waals surface area (Å²) < 4.78 is 0. The van der Waals surface area contributed by atoms with Crippen LogP contribution in [0.1, 0.15) is 58.3 Å². The van der Waals surface area contributed by atoms with E-state index in [2.05, 4.69) is 0 Å². The Bertz CT molecular complexity index is 524. The van der Waals surface area contributed by atoms with Gasteiger partial charge in [0.1, 0.15) is 12.1 Å². The summed E-state index contributed by atoms with van der Waals surface area (Å²) >= 11 is 0. The highest BCUT2D eigenvalue weighted by Gasteiger charge is 2.56. The number of rotatable bonds is 6. The van der Waals surface area contributed by atoms with Crippen LogP contribution in [0, 0.1) is 5.92 Å². The minimum absolute atomic E-state index is 0.0910. The van der Waals surface area contributed by atoms with Crippen LogP contribution in [0.25, 0.3) is 0 Å². The van der Waals surface area contributed by atoms with E-state index >= 15 is 0 Å². The number of carbonyl (C=O) groups is 3. The van der Waals surface area contributed by atoms with Gasteiger partial charge in [-0.1, -0.05) is 26.2 Å². The quantitative estimate of drug-likeness (QED) is 0.699. The first kappa shape index (κ1) is 17.2. The van der Waals surface area contributed by atoms with E-state index in [1.165, 1.54) is 17.7 Å². The van der Waals surface area contributed by atoms with Crippen molar-refractivity contribution in [1.82, 2.24) is 14.7 Å². The molecular formula is C18H29N3O3. The number of nitrogens with zero attached hydrogens (tertiary/aromatic N) is 3. The topological polar surface area (TPSA) is 60.9 Å². The number of hydrogen-bond donors (Lipinski definition) is 0. The summed E-state index contributed by atoms with van der Waals surface area (Å²) in [5.41, 5.74) is -0.693. The number of hydrogen-bond acceptors (Lipinski definition) is 3. The molecule has 134 valence electrons. The summed E-state index contributed by atoms with van der Waals surface area (Å²) in [4.78, 5) is 42.9. The van der Waals surface area contributed by atoms with Crippen LogP contribution in [0.15, 0.2) is 0 Å². The molecule has 3 rings (SSSR count). The second-order valence-electron chi connectivity index (χ2n) is 7.61. The highest BCUT2D eigenvalue weighted by molar-refractivity contribution is 6.08. The van der Waals surface area contributed by atoms with E-state index in [1.807, 2.05) is 11.8 Å². The zero-order valence-electron chi connectivity index (χ0n) is 14.9. The van der Waals surface area contributed by atoms with Gasteiger partial charge in [-0.05, 0) is 38.0 Å². The molecule has 0 aromatic rings. The van der Waals surface area contributed by atoms with Gasteiger partial charge in [0, 0.05) is 20.1 Å². The SMILES string of the molecule is CCCN(CC1CC1)C(=O)CN1C(=O)N(C)C2(CCCCC2)C1=O. The van der Waals surface area contributed by atoms with Gasteiger partial charge in [-0.15, -0.1) is 0 Å². The van der Waals surface area contributed by atoms with Crippen LogP contribution in [0.5, 0.6) is 0 Å². The minimum atomic E-state index is -0.693.